The van der Waals surface area contributed by atoms with E-state index in [-0.39, 0.29) is 5.75 Å². The lowest BCUT2D eigenvalue weighted by molar-refractivity contribution is -0.162. The molecule has 0 saturated heterocycles. The summed E-state index contributed by atoms with van der Waals surface area (Å²) in [4.78, 5) is 21.5. The van der Waals surface area contributed by atoms with Gasteiger partial charge in [-0.2, -0.15) is 11.8 Å². The molecule has 1 aromatic rings. The fraction of sp³-hybridized carbons (Fsp3) is 0.500. The zero-order valence-corrected chi connectivity index (χ0v) is 13.2. The van der Waals surface area contributed by atoms with Crippen LogP contribution in [0.3, 0.4) is 0 Å². The van der Waals surface area contributed by atoms with E-state index in [4.69, 9.17) is 10.2 Å². The lowest BCUT2D eigenvalue weighted by atomic mass is 10.0. The molecule has 0 unspecified atom stereocenters. The summed E-state index contributed by atoms with van der Waals surface area (Å²) in [5.74, 6) is -2.18. The zero-order valence-electron chi connectivity index (χ0n) is 12.4. The zero-order chi connectivity index (χ0) is 16.4. The average molecular weight is 326 g/mol. The van der Waals surface area contributed by atoms with E-state index in [1.165, 1.54) is 17.3 Å². The fourth-order valence-electron chi connectivity index (χ4n) is 2.03. The summed E-state index contributed by atoms with van der Waals surface area (Å²) in [7, 11) is 0. The van der Waals surface area contributed by atoms with E-state index < -0.39 is 24.0 Å². The number of aliphatic carboxylic acids is 2. The molecule has 6 heteroatoms. The van der Waals surface area contributed by atoms with Crippen LogP contribution in [0, 0.1) is 0 Å². The first kappa shape index (κ1) is 18.5. The number of aliphatic hydroxyl groups is 1. The Hall–Kier alpha value is -1.53. The minimum Gasteiger partial charge on any atom is -0.481 e. The smallest absolute Gasteiger partial charge is 0.337 e. The van der Waals surface area contributed by atoms with Gasteiger partial charge in [0.2, 0.25) is 0 Å². The van der Waals surface area contributed by atoms with Gasteiger partial charge in [0, 0.05) is 5.75 Å². The molecule has 0 fully saturated rings. The van der Waals surface area contributed by atoms with Crippen LogP contribution in [0.5, 0.6) is 0 Å². The summed E-state index contributed by atoms with van der Waals surface area (Å²) in [5.41, 5.74) is -0.877. The SMILES string of the molecule is O=C(O)C[C@@](O)(CSCCCCCc1ccccc1)C(=O)O. The van der Waals surface area contributed by atoms with Crippen molar-refractivity contribution in [3.63, 3.8) is 0 Å². The lowest BCUT2D eigenvalue weighted by Gasteiger charge is -2.20. The van der Waals surface area contributed by atoms with Crippen LogP contribution in [0.15, 0.2) is 30.3 Å². The second kappa shape index (κ2) is 9.48. The van der Waals surface area contributed by atoms with Crippen LogP contribution in [-0.2, 0) is 16.0 Å². The van der Waals surface area contributed by atoms with Crippen molar-refractivity contribution >= 4 is 23.7 Å². The predicted octanol–water partition coefficient (Wildman–Crippen LogP) is 2.42. The molecule has 0 heterocycles. The molecular weight excluding hydrogens is 304 g/mol. The molecule has 5 nitrogen and oxygen atoms in total. The molecule has 0 amide bonds. The van der Waals surface area contributed by atoms with E-state index in [9.17, 15) is 14.7 Å². The second-order valence-corrected chi connectivity index (χ2v) is 6.36. The quantitative estimate of drug-likeness (QED) is 0.541. The highest BCUT2D eigenvalue weighted by Gasteiger charge is 2.38. The third-order valence-electron chi connectivity index (χ3n) is 3.28. The number of hydrogen-bond acceptors (Lipinski definition) is 4. The Morgan fingerprint density at radius 3 is 2.32 bits per heavy atom. The first-order chi connectivity index (χ1) is 10.4. The topological polar surface area (TPSA) is 94.8 Å². The van der Waals surface area contributed by atoms with Crippen molar-refractivity contribution in [2.45, 2.75) is 37.7 Å². The second-order valence-electron chi connectivity index (χ2n) is 5.26. The maximum absolute atomic E-state index is 11.0. The maximum atomic E-state index is 11.0. The predicted molar refractivity (Wildman–Crippen MR) is 86.2 cm³/mol. The van der Waals surface area contributed by atoms with Gasteiger partial charge in [0.1, 0.15) is 0 Å². The molecule has 0 radical (unpaired) electrons. The van der Waals surface area contributed by atoms with Crippen molar-refractivity contribution < 1.29 is 24.9 Å². The Kier molecular flexibility index (Phi) is 7.98. The van der Waals surface area contributed by atoms with Crippen LogP contribution in [0.4, 0.5) is 0 Å². The molecule has 0 saturated carbocycles. The first-order valence-electron chi connectivity index (χ1n) is 7.23. The van der Waals surface area contributed by atoms with Crippen LogP contribution in [0.2, 0.25) is 0 Å². The van der Waals surface area contributed by atoms with Crippen LogP contribution >= 0.6 is 11.8 Å². The van der Waals surface area contributed by atoms with Crippen LogP contribution in [0.1, 0.15) is 31.2 Å². The summed E-state index contributed by atoms with van der Waals surface area (Å²) in [6.45, 7) is 0. The molecule has 1 rings (SSSR count). The van der Waals surface area contributed by atoms with Crippen LogP contribution in [-0.4, -0.2) is 44.4 Å². The highest BCUT2D eigenvalue weighted by Crippen LogP contribution is 2.19. The van der Waals surface area contributed by atoms with Crippen molar-refractivity contribution in [3.05, 3.63) is 35.9 Å². The summed E-state index contributed by atoms with van der Waals surface area (Å²) in [5, 5.41) is 27.4. The van der Waals surface area contributed by atoms with Gasteiger partial charge >= 0.3 is 11.9 Å². The van der Waals surface area contributed by atoms with E-state index in [2.05, 4.69) is 12.1 Å². The summed E-state index contributed by atoms with van der Waals surface area (Å²) in [6.07, 6.45) is 3.24. The van der Waals surface area contributed by atoms with Crippen LogP contribution in [0.25, 0.3) is 0 Å². The van der Waals surface area contributed by atoms with E-state index in [0.717, 1.165) is 25.7 Å². The molecular formula is C16H22O5S. The van der Waals surface area contributed by atoms with Gasteiger partial charge in [-0.25, -0.2) is 4.79 Å². The van der Waals surface area contributed by atoms with Crippen molar-refractivity contribution in [2.24, 2.45) is 0 Å². The number of thioether (sulfide) groups is 1. The van der Waals surface area contributed by atoms with Gasteiger partial charge in [-0.3, -0.25) is 4.79 Å². The third kappa shape index (κ3) is 6.95. The van der Waals surface area contributed by atoms with Gasteiger partial charge in [0.15, 0.2) is 5.60 Å². The molecule has 0 spiro atoms. The molecule has 122 valence electrons. The maximum Gasteiger partial charge on any atom is 0.337 e. The summed E-state index contributed by atoms with van der Waals surface area (Å²) < 4.78 is 0. The Morgan fingerprint density at radius 2 is 1.73 bits per heavy atom. The standard InChI is InChI=1S/C16H22O5S/c17-14(18)11-16(21,15(19)20)12-22-10-6-2-5-9-13-7-3-1-4-8-13/h1,3-4,7-8,21H,2,5-6,9-12H2,(H,17,18)(H,19,20)/t16-/m1/s1. The Labute approximate surface area is 134 Å². The molecule has 1 aromatic carbocycles. The molecule has 1 atom stereocenters. The average Bonchev–Trinajstić information content (AvgIpc) is 2.46. The van der Waals surface area contributed by atoms with Gasteiger partial charge in [-0.05, 0) is 30.6 Å². The van der Waals surface area contributed by atoms with Crippen molar-refractivity contribution in [2.75, 3.05) is 11.5 Å². The number of carboxylic acids is 2. The third-order valence-corrected chi connectivity index (χ3v) is 4.54. The Morgan fingerprint density at radius 1 is 1.05 bits per heavy atom. The minimum atomic E-state index is -2.18. The molecule has 0 aromatic heterocycles. The van der Waals surface area contributed by atoms with Crippen LogP contribution < -0.4 is 0 Å². The normalized spacial score (nSPS) is 13.5. The number of aryl methyl sites for hydroxylation is 1. The number of carboxylic acid groups (broad SMARTS) is 2. The van der Waals surface area contributed by atoms with E-state index in [1.54, 1.807) is 0 Å². The van der Waals surface area contributed by atoms with Gasteiger partial charge in [-0.1, -0.05) is 36.8 Å². The summed E-state index contributed by atoms with van der Waals surface area (Å²) in [6, 6.07) is 10.2. The molecule has 0 aliphatic rings. The molecule has 3 N–H and O–H groups in total. The Balaban J connectivity index is 2.16. The van der Waals surface area contributed by atoms with E-state index in [0.29, 0.717) is 5.75 Å². The van der Waals surface area contributed by atoms with E-state index >= 15 is 0 Å². The largest absolute Gasteiger partial charge is 0.481 e. The Bertz CT molecular complexity index is 477. The highest BCUT2D eigenvalue weighted by molar-refractivity contribution is 7.99. The fourth-order valence-corrected chi connectivity index (χ4v) is 3.15. The molecule has 22 heavy (non-hydrogen) atoms. The van der Waals surface area contributed by atoms with Crippen molar-refractivity contribution in [3.8, 4) is 0 Å². The van der Waals surface area contributed by atoms with Crippen molar-refractivity contribution in [1.29, 1.82) is 0 Å². The van der Waals surface area contributed by atoms with Gasteiger partial charge in [0.25, 0.3) is 0 Å². The number of rotatable bonds is 11. The number of unbranched alkanes of at least 4 members (excludes halogenated alkanes) is 2. The lowest BCUT2D eigenvalue weighted by Crippen LogP contribution is -2.43. The minimum absolute atomic E-state index is 0.104. The molecule has 0 aliphatic carbocycles. The highest BCUT2D eigenvalue weighted by atomic mass is 32.2. The number of carbonyl (C=O) groups is 2. The monoisotopic (exact) mass is 326 g/mol. The van der Waals surface area contributed by atoms with Gasteiger partial charge < -0.3 is 15.3 Å². The number of benzene rings is 1. The van der Waals surface area contributed by atoms with Crippen molar-refractivity contribution in [1.82, 2.24) is 0 Å². The van der Waals surface area contributed by atoms with E-state index in [1.807, 2.05) is 18.2 Å². The molecule has 0 bridgehead atoms. The molecule has 0 aliphatic heterocycles. The summed E-state index contributed by atoms with van der Waals surface area (Å²) >= 11 is 1.28. The number of hydrogen-bond donors (Lipinski definition) is 3. The van der Waals surface area contributed by atoms with Gasteiger partial charge in [0.05, 0.1) is 6.42 Å². The van der Waals surface area contributed by atoms with Gasteiger partial charge in [-0.15, -0.1) is 0 Å². The first-order valence-corrected chi connectivity index (χ1v) is 8.39.